The first-order valence-electron chi connectivity index (χ1n) is 6.21. The number of aliphatic hydroxyl groups excluding tert-OH is 1. The number of unbranched alkanes of at least 4 members (excludes halogenated alkanes) is 2. The van der Waals surface area contributed by atoms with Gasteiger partial charge in [0.2, 0.25) is 0 Å². The second kappa shape index (κ2) is 8.97. The Morgan fingerprint density at radius 1 is 1.24 bits per heavy atom. The van der Waals surface area contributed by atoms with Crippen LogP contribution in [0.5, 0.6) is 0 Å². The van der Waals surface area contributed by atoms with Crippen molar-refractivity contribution in [1.29, 1.82) is 0 Å². The highest BCUT2D eigenvalue weighted by molar-refractivity contribution is 5.13. The minimum Gasteiger partial charge on any atom is -0.396 e. The lowest BCUT2D eigenvalue weighted by molar-refractivity contribution is 0.142. The Hall–Kier alpha value is -1.12. The maximum atomic E-state index is 8.65. The monoisotopic (exact) mass is 234 g/mol. The van der Waals surface area contributed by atoms with E-state index in [9.17, 15) is 0 Å². The molecule has 2 heteroatoms. The number of ether oxygens (including phenoxy) is 1. The van der Waals surface area contributed by atoms with Gasteiger partial charge >= 0.3 is 0 Å². The summed E-state index contributed by atoms with van der Waals surface area (Å²) < 4.78 is 5.62. The summed E-state index contributed by atoms with van der Waals surface area (Å²) in [5, 5.41) is 8.65. The molecule has 1 aromatic rings. The van der Waals surface area contributed by atoms with Crippen LogP contribution >= 0.6 is 0 Å². The molecule has 17 heavy (non-hydrogen) atoms. The van der Waals surface area contributed by atoms with Crippen molar-refractivity contribution in [3.8, 4) is 0 Å². The van der Waals surface area contributed by atoms with E-state index in [4.69, 9.17) is 9.84 Å². The Bertz CT molecular complexity index is 317. The molecule has 1 aromatic carbocycles. The van der Waals surface area contributed by atoms with Gasteiger partial charge in [-0.25, -0.2) is 0 Å². The number of allylic oxidation sites excluding steroid dienone is 1. The molecule has 94 valence electrons. The van der Waals surface area contributed by atoms with Crippen LogP contribution in [0, 0.1) is 0 Å². The van der Waals surface area contributed by atoms with Gasteiger partial charge in [-0.3, -0.25) is 0 Å². The molecular weight excluding hydrogens is 212 g/mol. The Balaban J connectivity index is 2.13. The summed E-state index contributed by atoms with van der Waals surface area (Å²) in [7, 11) is 0. The van der Waals surface area contributed by atoms with Crippen LogP contribution in [0.1, 0.15) is 31.7 Å². The topological polar surface area (TPSA) is 29.5 Å². The van der Waals surface area contributed by atoms with Gasteiger partial charge in [0, 0.05) is 6.61 Å². The van der Waals surface area contributed by atoms with Crippen molar-refractivity contribution in [2.24, 2.45) is 0 Å². The standard InChI is InChI=1S/C15H22O2/c1-14(8-4-3-7-11-16)12-17-13-15-9-5-2-6-10-15/h2,5-6,8-10,16H,3-4,7,11-13H2,1H3/b14-8-. The Kier molecular flexibility index (Phi) is 7.35. The SMILES string of the molecule is C/C(=C/CCCCO)COCc1ccccc1. The second-order valence-corrected chi connectivity index (χ2v) is 4.25. The molecule has 0 bridgehead atoms. The average molecular weight is 234 g/mol. The molecule has 0 aliphatic carbocycles. The van der Waals surface area contributed by atoms with Gasteiger partial charge in [-0.15, -0.1) is 0 Å². The lowest BCUT2D eigenvalue weighted by atomic mass is 10.2. The van der Waals surface area contributed by atoms with E-state index in [-0.39, 0.29) is 6.61 Å². The van der Waals surface area contributed by atoms with Gasteiger partial charge in [-0.05, 0) is 31.7 Å². The molecule has 1 N–H and O–H groups in total. The van der Waals surface area contributed by atoms with Gasteiger partial charge in [0.05, 0.1) is 13.2 Å². The Morgan fingerprint density at radius 2 is 2.00 bits per heavy atom. The van der Waals surface area contributed by atoms with Gasteiger partial charge in [0.15, 0.2) is 0 Å². The summed E-state index contributed by atoms with van der Waals surface area (Å²) in [5.74, 6) is 0. The average Bonchev–Trinajstić information content (AvgIpc) is 2.36. The molecule has 2 nitrogen and oxygen atoms in total. The molecule has 1 rings (SSSR count). The Morgan fingerprint density at radius 3 is 2.71 bits per heavy atom. The molecule has 0 heterocycles. The maximum absolute atomic E-state index is 8.65. The minimum absolute atomic E-state index is 0.289. The van der Waals surface area contributed by atoms with Crippen molar-refractivity contribution in [2.75, 3.05) is 13.2 Å². The number of hydrogen-bond donors (Lipinski definition) is 1. The summed E-state index contributed by atoms with van der Waals surface area (Å²) in [6, 6.07) is 10.2. The fourth-order valence-electron chi connectivity index (χ4n) is 1.57. The first kappa shape index (κ1) is 13.9. The van der Waals surface area contributed by atoms with E-state index in [1.165, 1.54) is 11.1 Å². The molecule has 0 unspecified atom stereocenters. The number of hydrogen-bond acceptors (Lipinski definition) is 2. The third-order valence-electron chi connectivity index (χ3n) is 2.55. The minimum atomic E-state index is 0.289. The highest BCUT2D eigenvalue weighted by Crippen LogP contribution is 2.04. The predicted octanol–water partition coefficient (Wildman–Crippen LogP) is 3.31. The summed E-state index contributed by atoms with van der Waals surface area (Å²) in [6.07, 6.45) is 5.16. The molecule has 0 fully saturated rings. The maximum Gasteiger partial charge on any atom is 0.0721 e. The van der Waals surface area contributed by atoms with Gasteiger partial charge in [0.1, 0.15) is 0 Å². The van der Waals surface area contributed by atoms with E-state index in [2.05, 4.69) is 25.1 Å². The van der Waals surface area contributed by atoms with Crippen molar-refractivity contribution >= 4 is 0 Å². The molecule has 0 saturated heterocycles. The van der Waals surface area contributed by atoms with Crippen LogP contribution in [-0.4, -0.2) is 18.3 Å². The third-order valence-corrected chi connectivity index (χ3v) is 2.55. The quantitative estimate of drug-likeness (QED) is 0.552. The zero-order chi connectivity index (χ0) is 12.3. The van der Waals surface area contributed by atoms with Crippen molar-refractivity contribution in [3.05, 3.63) is 47.5 Å². The van der Waals surface area contributed by atoms with Crippen molar-refractivity contribution in [1.82, 2.24) is 0 Å². The van der Waals surface area contributed by atoms with Gasteiger partial charge < -0.3 is 9.84 Å². The molecule has 0 aromatic heterocycles. The van der Waals surface area contributed by atoms with Crippen LogP contribution in [0.2, 0.25) is 0 Å². The van der Waals surface area contributed by atoms with Gasteiger partial charge in [-0.1, -0.05) is 42.0 Å². The van der Waals surface area contributed by atoms with Crippen molar-refractivity contribution in [3.63, 3.8) is 0 Å². The van der Waals surface area contributed by atoms with Crippen LogP contribution in [0.15, 0.2) is 42.0 Å². The van der Waals surface area contributed by atoms with Gasteiger partial charge in [0.25, 0.3) is 0 Å². The van der Waals surface area contributed by atoms with Crippen LogP contribution < -0.4 is 0 Å². The Labute approximate surface area is 104 Å². The fourth-order valence-corrected chi connectivity index (χ4v) is 1.57. The molecule has 0 spiro atoms. The van der Waals surface area contributed by atoms with Crippen molar-refractivity contribution in [2.45, 2.75) is 32.8 Å². The fraction of sp³-hybridized carbons (Fsp3) is 0.467. The zero-order valence-electron chi connectivity index (χ0n) is 10.6. The summed E-state index contributed by atoms with van der Waals surface area (Å²) >= 11 is 0. The van der Waals surface area contributed by atoms with E-state index in [0.717, 1.165) is 19.3 Å². The first-order chi connectivity index (χ1) is 8.33. The normalized spacial score (nSPS) is 11.8. The highest BCUT2D eigenvalue weighted by Gasteiger charge is 1.93. The summed E-state index contributed by atoms with van der Waals surface area (Å²) in [5.41, 5.74) is 2.47. The van der Waals surface area contributed by atoms with E-state index >= 15 is 0 Å². The van der Waals surface area contributed by atoms with Crippen LogP contribution in [0.25, 0.3) is 0 Å². The van der Waals surface area contributed by atoms with Crippen LogP contribution in [0.3, 0.4) is 0 Å². The van der Waals surface area contributed by atoms with E-state index in [0.29, 0.717) is 13.2 Å². The number of rotatable bonds is 8. The second-order valence-electron chi connectivity index (χ2n) is 4.25. The number of benzene rings is 1. The summed E-state index contributed by atoms with van der Waals surface area (Å²) in [6.45, 7) is 3.73. The molecule has 0 saturated carbocycles. The van der Waals surface area contributed by atoms with E-state index in [1.807, 2.05) is 18.2 Å². The lowest BCUT2D eigenvalue weighted by Crippen LogP contribution is -1.96. The predicted molar refractivity (Wildman–Crippen MR) is 70.8 cm³/mol. The van der Waals surface area contributed by atoms with E-state index in [1.54, 1.807) is 0 Å². The highest BCUT2D eigenvalue weighted by atomic mass is 16.5. The first-order valence-corrected chi connectivity index (χ1v) is 6.21. The zero-order valence-corrected chi connectivity index (χ0v) is 10.6. The molecule has 0 aliphatic heterocycles. The molecule has 0 radical (unpaired) electrons. The third kappa shape index (κ3) is 6.93. The molecule has 0 aliphatic rings. The summed E-state index contributed by atoms with van der Waals surface area (Å²) in [4.78, 5) is 0. The van der Waals surface area contributed by atoms with Crippen LogP contribution in [0.4, 0.5) is 0 Å². The lowest BCUT2D eigenvalue weighted by Gasteiger charge is -2.04. The molecular formula is C15H22O2. The molecule has 0 atom stereocenters. The number of aliphatic hydroxyl groups is 1. The largest absolute Gasteiger partial charge is 0.396 e. The smallest absolute Gasteiger partial charge is 0.0721 e. The van der Waals surface area contributed by atoms with Gasteiger partial charge in [-0.2, -0.15) is 0 Å². The molecule has 0 amide bonds. The van der Waals surface area contributed by atoms with Crippen molar-refractivity contribution < 1.29 is 9.84 Å². The van der Waals surface area contributed by atoms with Crippen LogP contribution in [-0.2, 0) is 11.3 Å². The van der Waals surface area contributed by atoms with E-state index < -0.39 is 0 Å².